The molecular weight excluding hydrogens is 183 g/mol. The van der Waals surface area contributed by atoms with Gasteiger partial charge in [-0.3, -0.25) is 0 Å². The van der Waals surface area contributed by atoms with Crippen LogP contribution in [0.4, 0.5) is 0 Å². The minimum atomic E-state index is 0.191. The van der Waals surface area contributed by atoms with Crippen LogP contribution in [0.2, 0.25) is 0 Å². The van der Waals surface area contributed by atoms with Gasteiger partial charge in [0.05, 0.1) is 0 Å². The molecule has 12 heavy (non-hydrogen) atoms. The fraction of sp³-hybridized carbons (Fsp3) is 0.200. The lowest BCUT2D eigenvalue weighted by molar-refractivity contribution is 1.13. The van der Waals surface area contributed by atoms with Gasteiger partial charge in [0.2, 0.25) is 0 Å². The Bertz CT molecular complexity index is 307. The molecule has 1 unspecified atom stereocenters. The number of hydrogen-bond acceptors (Lipinski definition) is 1. The van der Waals surface area contributed by atoms with Gasteiger partial charge in [-0.2, -0.15) is 0 Å². The molecule has 0 saturated carbocycles. The van der Waals surface area contributed by atoms with E-state index in [-0.39, 0.29) is 5.16 Å². The Kier molecular flexibility index (Phi) is 2.02. The molecule has 1 aromatic rings. The van der Waals surface area contributed by atoms with Crippen molar-refractivity contribution in [3.8, 4) is 0 Å². The van der Waals surface area contributed by atoms with E-state index in [0.717, 1.165) is 0 Å². The maximum absolute atomic E-state index is 2.85. The zero-order valence-corrected chi connectivity index (χ0v) is 8.92. The quantitative estimate of drug-likeness (QED) is 0.396. The van der Waals surface area contributed by atoms with Crippen molar-refractivity contribution in [2.45, 2.75) is 10.1 Å². The molecule has 0 N–H and O–H groups in total. The predicted octanol–water partition coefficient (Wildman–Crippen LogP) is 3.05. The Hall–Kier alpha value is -0.260. The fourth-order valence-electron chi connectivity index (χ4n) is 1.16. The molecule has 2 rings (SSSR count). The highest BCUT2D eigenvalue weighted by Crippen LogP contribution is 2.45. The highest BCUT2D eigenvalue weighted by atomic mass is 32.2. The van der Waals surface area contributed by atoms with Crippen molar-refractivity contribution in [2.75, 3.05) is 6.26 Å². The Morgan fingerprint density at radius 3 is 2.17 bits per heavy atom. The van der Waals surface area contributed by atoms with Gasteiger partial charge in [-0.05, 0) is 24.0 Å². The van der Waals surface area contributed by atoms with Crippen LogP contribution in [0.25, 0.3) is 0 Å². The molecule has 0 radical (unpaired) electrons. The van der Waals surface area contributed by atoms with Crippen LogP contribution in [0.1, 0.15) is 5.56 Å². The van der Waals surface area contributed by atoms with Gasteiger partial charge < -0.3 is 0 Å². The normalized spacial score (nSPS) is 17.8. The van der Waals surface area contributed by atoms with Gasteiger partial charge in [-0.15, -0.1) is 21.0 Å². The molecule has 0 bridgehead atoms. The smallest absolute Gasteiger partial charge is 0.0454 e. The van der Waals surface area contributed by atoms with Gasteiger partial charge in [0.1, 0.15) is 0 Å². The molecule has 0 aliphatic heterocycles. The molecule has 1 atom stereocenters. The van der Waals surface area contributed by atoms with Crippen molar-refractivity contribution in [3.05, 3.63) is 42.0 Å². The number of thioether (sulfide) groups is 1. The maximum Gasteiger partial charge on any atom is 0.0454 e. The summed E-state index contributed by atoms with van der Waals surface area (Å²) in [5.41, 5.74) is 1.37. The van der Waals surface area contributed by atoms with Gasteiger partial charge in [0.15, 0.2) is 0 Å². The number of hydrogen-bond donors (Lipinski definition) is 0. The molecule has 1 aliphatic carbocycles. The van der Waals surface area contributed by atoms with Crippen molar-refractivity contribution in [1.82, 2.24) is 0 Å². The van der Waals surface area contributed by atoms with Crippen molar-refractivity contribution >= 4 is 21.0 Å². The van der Waals surface area contributed by atoms with Crippen molar-refractivity contribution < 1.29 is 0 Å². The Labute approximate surface area is 79.6 Å². The highest BCUT2D eigenvalue weighted by Gasteiger charge is 2.29. The summed E-state index contributed by atoms with van der Waals surface area (Å²) >= 11 is 1.78. The summed E-state index contributed by atoms with van der Waals surface area (Å²) < 4.78 is 0. The fourth-order valence-corrected chi connectivity index (χ4v) is 1.86. The van der Waals surface area contributed by atoms with Crippen molar-refractivity contribution in [3.63, 3.8) is 0 Å². The summed E-state index contributed by atoms with van der Waals surface area (Å²) in [4.78, 5) is 1.33. The van der Waals surface area contributed by atoms with Gasteiger partial charge in [-0.1, -0.05) is 24.3 Å². The van der Waals surface area contributed by atoms with E-state index in [1.807, 2.05) is 0 Å². The summed E-state index contributed by atoms with van der Waals surface area (Å²) in [5, 5.41) is 0.191. The first-order chi connectivity index (χ1) is 5.74. The highest BCUT2D eigenvalue weighted by molar-refractivity contribution is 7.98. The number of allylic oxidation sites excluding steroid dienone is 2. The molecule has 1 aromatic carbocycles. The van der Waals surface area contributed by atoms with Crippen LogP contribution in [0.5, 0.6) is 0 Å². The van der Waals surface area contributed by atoms with E-state index < -0.39 is 0 Å². The standard InChI is InChI=1S/C10H11PS/c1-12-9-4-2-8(3-5-9)10(11)6-7-10/h2-7H,11H2,1H3. The molecule has 0 saturated heterocycles. The van der Waals surface area contributed by atoms with Crippen LogP contribution < -0.4 is 0 Å². The topological polar surface area (TPSA) is 0 Å². The molecule has 0 nitrogen and oxygen atoms in total. The first-order valence-corrected chi connectivity index (χ1v) is 5.69. The lowest BCUT2D eigenvalue weighted by Gasteiger charge is -2.09. The predicted molar refractivity (Wildman–Crippen MR) is 58.8 cm³/mol. The zero-order valence-electron chi connectivity index (χ0n) is 6.95. The first kappa shape index (κ1) is 8.34. The van der Waals surface area contributed by atoms with Crippen LogP contribution in [0, 0.1) is 0 Å². The second-order valence-electron chi connectivity index (χ2n) is 2.99. The van der Waals surface area contributed by atoms with Crippen molar-refractivity contribution in [2.24, 2.45) is 0 Å². The minimum absolute atomic E-state index is 0.191. The molecule has 1 aliphatic rings. The monoisotopic (exact) mass is 194 g/mol. The second-order valence-corrected chi connectivity index (χ2v) is 4.83. The van der Waals surface area contributed by atoms with Crippen LogP contribution in [0.3, 0.4) is 0 Å². The second kappa shape index (κ2) is 2.90. The lowest BCUT2D eigenvalue weighted by Crippen LogP contribution is -1.95. The Morgan fingerprint density at radius 2 is 1.75 bits per heavy atom. The molecule has 0 fully saturated rings. The van der Waals surface area contributed by atoms with Crippen molar-refractivity contribution in [1.29, 1.82) is 0 Å². The molecule has 0 amide bonds. The van der Waals surface area contributed by atoms with Gasteiger partial charge in [-0.25, -0.2) is 0 Å². The number of rotatable bonds is 2. The SMILES string of the molecule is CSc1ccc(C2(P)C=C2)cc1. The van der Waals surface area contributed by atoms with Crippen LogP contribution >= 0.6 is 21.0 Å². The van der Waals surface area contributed by atoms with E-state index in [0.29, 0.717) is 0 Å². The Balaban J connectivity index is 2.25. The van der Waals surface area contributed by atoms with Crippen LogP contribution in [-0.4, -0.2) is 6.26 Å². The lowest BCUT2D eigenvalue weighted by atomic mass is 10.1. The van der Waals surface area contributed by atoms with Crippen LogP contribution in [0.15, 0.2) is 41.3 Å². The molecule has 0 spiro atoms. The van der Waals surface area contributed by atoms with E-state index >= 15 is 0 Å². The van der Waals surface area contributed by atoms with E-state index in [4.69, 9.17) is 0 Å². The zero-order chi connectivity index (χ0) is 8.60. The van der Waals surface area contributed by atoms with E-state index in [1.54, 1.807) is 11.8 Å². The van der Waals surface area contributed by atoms with Gasteiger partial charge >= 0.3 is 0 Å². The number of benzene rings is 1. The largest absolute Gasteiger partial charge is 0.130 e. The molecule has 2 heteroatoms. The molecule has 0 heterocycles. The van der Waals surface area contributed by atoms with E-state index in [9.17, 15) is 0 Å². The van der Waals surface area contributed by atoms with E-state index in [2.05, 4.69) is 51.9 Å². The summed E-state index contributed by atoms with van der Waals surface area (Å²) in [6, 6.07) is 8.73. The summed E-state index contributed by atoms with van der Waals surface area (Å²) in [5.74, 6) is 0. The summed E-state index contributed by atoms with van der Waals surface area (Å²) in [6.45, 7) is 0. The average Bonchev–Trinajstić information content (AvgIpc) is 2.85. The summed E-state index contributed by atoms with van der Waals surface area (Å²) in [7, 11) is 2.85. The molecule has 62 valence electrons. The van der Waals surface area contributed by atoms with Crippen LogP contribution in [-0.2, 0) is 5.16 Å². The molecule has 0 aromatic heterocycles. The third kappa shape index (κ3) is 1.44. The average molecular weight is 194 g/mol. The first-order valence-electron chi connectivity index (χ1n) is 3.88. The minimum Gasteiger partial charge on any atom is -0.130 e. The maximum atomic E-state index is 2.85. The third-order valence-corrected chi connectivity index (χ3v) is 3.58. The van der Waals surface area contributed by atoms with Gasteiger partial charge in [0, 0.05) is 10.1 Å². The third-order valence-electron chi connectivity index (χ3n) is 2.12. The summed E-state index contributed by atoms with van der Waals surface area (Å²) in [6.07, 6.45) is 6.50. The Morgan fingerprint density at radius 1 is 1.17 bits per heavy atom. The van der Waals surface area contributed by atoms with E-state index in [1.165, 1.54) is 10.5 Å². The van der Waals surface area contributed by atoms with Gasteiger partial charge in [0.25, 0.3) is 0 Å². The molecular formula is C10H11PS.